The lowest BCUT2D eigenvalue weighted by atomic mass is 10.3. The van der Waals surface area contributed by atoms with Crippen LogP contribution >= 0.6 is 11.3 Å². The predicted molar refractivity (Wildman–Crippen MR) is 79.5 cm³/mol. The Morgan fingerprint density at radius 2 is 2.33 bits per heavy atom. The normalized spacial score (nSPS) is 11.7. The number of rotatable bonds is 6. The van der Waals surface area contributed by atoms with Crippen molar-refractivity contribution in [1.29, 1.82) is 0 Å². The summed E-state index contributed by atoms with van der Waals surface area (Å²) in [6.45, 7) is 6.23. The molecule has 0 atom stereocenters. The van der Waals surface area contributed by atoms with E-state index in [4.69, 9.17) is 0 Å². The van der Waals surface area contributed by atoms with Crippen molar-refractivity contribution < 1.29 is 0 Å². The van der Waals surface area contributed by atoms with Crippen molar-refractivity contribution in [2.45, 2.75) is 33.1 Å². The average molecular weight is 268 g/mol. The first kappa shape index (κ1) is 15.0. The third kappa shape index (κ3) is 5.04. The molecule has 0 aliphatic carbocycles. The standard InChI is InChI=1S/C13H24N4S/c1-5-6-9-17(4)13(14-3)15-8-7-12-16-10-11(2)18-12/h10H,5-9H2,1-4H3,(H,14,15). The molecule has 0 aliphatic rings. The highest BCUT2D eigenvalue weighted by molar-refractivity contribution is 7.11. The highest BCUT2D eigenvalue weighted by Crippen LogP contribution is 2.10. The Hall–Kier alpha value is -1.10. The number of aryl methyl sites for hydroxylation is 1. The van der Waals surface area contributed by atoms with Gasteiger partial charge in [0.2, 0.25) is 0 Å². The smallest absolute Gasteiger partial charge is 0.193 e. The summed E-state index contributed by atoms with van der Waals surface area (Å²) >= 11 is 1.76. The minimum atomic E-state index is 0.885. The predicted octanol–water partition coefficient (Wildman–Crippen LogP) is 2.30. The van der Waals surface area contributed by atoms with Crippen LogP contribution in [-0.2, 0) is 6.42 Å². The van der Waals surface area contributed by atoms with E-state index in [1.54, 1.807) is 11.3 Å². The molecule has 0 unspecified atom stereocenters. The first-order valence-corrected chi connectivity index (χ1v) is 7.32. The maximum absolute atomic E-state index is 4.36. The van der Waals surface area contributed by atoms with Crippen LogP contribution in [0.3, 0.4) is 0 Å². The van der Waals surface area contributed by atoms with Gasteiger partial charge in [-0.2, -0.15) is 0 Å². The zero-order chi connectivity index (χ0) is 13.4. The number of unbranched alkanes of at least 4 members (excludes halogenated alkanes) is 1. The zero-order valence-corrected chi connectivity index (χ0v) is 12.7. The monoisotopic (exact) mass is 268 g/mol. The molecule has 1 aromatic heterocycles. The minimum Gasteiger partial charge on any atom is -0.356 e. The van der Waals surface area contributed by atoms with Gasteiger partial charge in [0.1, 0.15) is 0 Å². The summed E-state index contributed by atoms with van der Waals surface area (Å²) in [5, 5.41) is 4.57. The topological polar surface area (TPSA) is 40.5 Å². The van der Waals surface area contributed by atoms with Crippen molar-refractivity contribution in [2.75, 3.05) is 27.2 Å². The van der Waals surface area contributed by atoms with Gasteiger partial charge in [-0.25, -0.2) is 4.98 Å². The molecule has 0 aromatic carbocycles. The molecular formula is C13H24N4S. The van der Waals surface area contributed by atoms with E-state index < -0.39 is 0 Å². The molecule has 5 heteroatoms. The SMILES string of the molecule is CCCCN(C)C(=NC)NCCc1ncc(C)s1. The molecule has 18 heavy (non-hydrogen) atoms. The molecule has 0 bridgehead atoms. The Morgan fingerprint density at radius 1 is 1.56 bits per heavy atom. The van der Waals surface area contributed by atoms with Gasteiger partial charge in [-0.3, -0.25) is 4.99 Å². The second kappa shape index (κ2) is 8.08. The van der Waals surface area contributed by atoms with Crippen molar-refractivity contribution in [2.24, 2.45) is 4.99 Å². The number of hydrogen-bond acceptors (Lipinski definition) is 3. The number of thiazole rings is 1. The third-order valence-corrected chi connectivity index (χ3v) is 3.68. The van der Waals surface area contributed by atoms with Crippen LogP contribution in [0.15, 0.2) is 11.2 Å². The van der Waals surface area contributed by atoms with Crippen molar-refractivity contribution in [3.05, 3.63) is 16.1 Å². The second-order valence-corrected chi connectivity index (χ2v) is 5.68. The molecule has 0 saturated carbocycles. The second-order valence-electron chi connectivity index (χ2n) is 4.36. The maximum atomic E-state index is 4.36. The van der Waals surface area contributed by atoms with Crippen LogP contribution in [0.4, 0.5) is 0 Å². The largest absolute Gasteiger partial charge is 0.356 e. The molecule has 0 amide bonds. The number of aliphatic imine (C=N–C) groups is 1. The average Bonchev–Trinajstić information content (AvgIpc) is 2.77. The molecule has 1 heterocycles. The molecule has 1 N–H and O–H groups in total. The van der Waals surface area contributed by atoms with E-state index in [0.717, 1.165) is 25.5 Å². The molecule has 102 valence electrons. The van der Waals surface area contributed by atoms with Crippen molar-refractivity contribution in [3.8, 4) is 0 Å². The molecule has 1 aromatic rings. The van der Waals surface area contributed by atoms with Crippen molar-refractivity contribution in [3.63, 3.8) is 0 Å². The van der Waals surface area contributed by atoms with E-state index in [9.17, 15) is 0 Å². The van der Waals surface area contributed by atoms with Crippen LogP contribution in [0.25, 0.3) is 0 Å². The molecule has 1 rings (SSSR count). The summed E-state index contributed by atoms with van der Waals surface area (Å²) < 4.78 is 0. The van der Waals surface area contributed by atoms with Crippen molar-refractivity contribution >= 4 is 17.3 Å². The lowest BCUT2D eigenvalue weighted by molar-refractivity contribution is 0.465. The van der Waals surface area contributed by atoms with E-state index >= 15 is 0 Å². The van der Waals surface area contributed by atoms with Gasteiger partial charge in [0.25, 0.3) is 0 Å². The van der Waals surface area contributed by atoms with Gasteiger partial charge in [0.05, 0.1) is 5.01 Å². The first-order valence-electron chi connectivity index (χ1n) is 6.50. The summed E-state index contributed by atoms with van der Waals surface area (Å²) in [7, 11) is 3.91. The highest BCUT2D eigenvalue weighted by Gasteiger charge is 2.05. The molecular weight excluding hydrogens is 244 g/mol. The fourth-order valence-corrected chi connectivity index (χ4v) is 2.47. The summed E-state index contributed by atoms with van der Waals surface area (Å²) in [6, 6.07) is 0. The summed E-state index contributed by atoms with van der Waals surface area (Å²) in [6.07, 6.45) is 5.30. The molecule has 0 fully saturated rings. The van der Waals surface area contributed by atoms with Gasteiger partial charge >= 0.3 is 0 Å². The van der Waals surface area contributed by atoms with Crippen LogP contribution < -0.4 is 5.32 Å². The van der Waals surface area contributed by atoms with E-state index in [2.05, 4.69) is 41.1 Å². The molecule has 0 saturated heterocycles. The summed E-state index contributed by atoms with van der Waals surface area (Å²) in [5.74, 6) is 0.969. The maximum Gasteiger partial charge on any atom is 0.193 e. The van der Waals surface area contributed by atoms with Gasteiger partial charge in [0.15, 0.2) is 5.96 Å². The van der Waals surface area contributed by atoms with Gasteiger partial charge in [-0.05, 0) is 13.3 Å². The number of nitrogens with zero attached hydrogens (tertiary/aromatic N) is 3. The molecule has 0 spiro atoms. The Balaban J connectivity index is 2.31. The van der Waals surface area contributed by atoms with E-state index in [0.29, 0.717) is 0 Å². The lowest BCUT2D eigenvalue weighted by Gasteiger charge is -2.21. The molecule has 4 nitrogen and oxygen atoms in total. The van der Waals surface area contributed by atoms with E-state index in [-0.39, 0.29) is 0 Å². The molecule has 0 aliphatic heterocycles. The van der Waals surface area contributed by atoms with Gasteiger partial charge < -0.3 is 10.2 Å². The number of hydrogen-bond donors (Lipinski definition) is 1. The summed E-state index contributed by atoms with van der Waals surface area (Å²) in [4.78, 5) is 12.1. The first-order chi connectivity index (χ1) is 8.67. The van der Waals surface area contributed by atoms with Crippen LogP contribution in [0, 0.1) is 6.92 Å². The number of guanidine groups is 1. The lowest BCUT2D eigenvalue weighted by Crippen LogP contribution is -2.40. The highest BCUT2D eigenvalue weighted by atomic mass is 32.1. The number of nitrogens with one attached hydrogen (secondary N) is 1. The number of aromatic nitrogens is 1. The van der Waals surface area contributed by atoms with Crippen LogP contribution in [0.2, 0.25) is 0 Å². The van der Waals surface area contributed by atoms with E-state index in [1.807, 2.05) is 13.2 Å². The Kier molecular flexibility index (Phi) is 6.72. The summed E-state index contributed by atoms with van der Waals surface area (Å²) in [5.41, 5.74) is 0. The van der Waals surface area contributed by atoms with Crippen LogP contribution in [0.1, 0.15) is 29.7 Å². The van der Waals surface area contributed by atoms with Crippen molar-refractivity contribution in [1.82, 2.24) is 15.2 Å². The van der Waals surface area contributed by atoms with Crippen LogP contribution in [-0.4, -0.2) is 43.0 Å². The Morgan fingerprint density at radius 3 is 2.89 bits per heavy atom. The fourth-order valence-electron chi connectivity index (χ4n) is 1.68. The van der Waals surface area contributed by atoms with E-state index in [1.165, 1.54) is 22.7 Å². The van der Waals surface area contributed by atoms with Gasteiger partial charge in [-0.15, -0.1) is 11.3 Å². The zero-order valence-electron chi connectivity index (χ0n) is 11.9. The quantitative estimate of drug-likeness (QED) is 0.636. The van der Waals surface area contributed by atoms with Crippen LogP contribution in [0.5, 0.6) is 0 Å². The Labute approximate surface area is 114 Å². The molecule has 0 radical (unpaired) electrons. The van der Waals surface area contributed by atoms with Gasteiger partial charge in [0, 0.05) is 44.7 Å². The third-order valence-electron chi connectivity index (χ3n) is 2.71. The Bertz CT molecular complexity index is 373. The minimum absolute atomic E-state index is 0.885. The van der Waals surface area contributed by atoms with Gasteiger partial charge in [-0.1, -0.05) is 13.3 Å². The fraction of sp³-hybridized carbons (Fsp3) is 0.692.